The molecule has 0 atom stereocenters. The summed E-state index contributed by atoms with van der Waals surface area (Å²) in [6, 6.07) is 7.07. The van der Waals surface area contributed by atoms with Gasteiger partial charge in [0.25, 0.3) is 0 Å². The predicted octanol–water partition coefficient (Wildman–Crippen LogP) is 2.04. The highest BCUT2D eigenvalue weighted by atomic mass is 127. The van der Waals surface area contributed by atoms with Crippen LogP contribution in [0.15, 0.2) is 24.3 Å². The molecule has 0 unspecified atom stereocenters. The second kappa shape index (κ2) is 5.09. The van der Waals surface area contributed by atoms with Crippen molar-refractivity contribution >= 4 is 34.3 Å². The fourth-order valence-corrected chi connectivity index (χ4v) is 1.48. The number of hydrogen-bond donors (Lipinski definition) is 0. The van der Waals surface area contributed by atoms with E-state index in [4.69, 9.17) is 4.74 Å². The van der Waals surface area contributed by atoms with Crippen LogP contribution < -0.4 is 0 Å². The molecule has 0 aliphatic heterocycles. The number of halogens is 1. The quantitative estimate of drug-likeness (QED) is 0.634. The van der Waals surface area contributed by atoms with Crippen molar-refractivity contribution in [3.63, 3.8) is 0 Å². The summed E-state index contributed by atoms with van der Waals surface area (Å²) in [4.78, 5) is 22.0. The second-order valence-corrected chi connectivity index (χ2v) is 3.92. The number of ketones is 1. The van der Waals surface area contributed by atoms with Gasteiger partial charge in [-0.1, -0.05) is 12.1 Å². The van der Waals surface area contributed by atoms with Gasteiger partial charge in [-0.2, -0.15) is 0 Å². The number of Topliss-reactive ketones (excluding diaryl/α,β-unsaturated/α-hetero) is 1. The van der Waals surface area contributed by atoms with Crippen molar-refractivity contribution < 1.29 is 14.3 Å². The van der Waals surface area contributed by atoms with Crippen molar-refractivity contribution in [3.8, 4) is 0 Å². The van der Waals surface area contributed by atoms with Crippen molar-refractivity contribution in [1.82, 2.24) is 0 Å². The highest BCUT2D eigenvalue weighted by molar-refractivity contribution is 14.1. The van der Waals surface area contributed by atoms with Crippen LogP contribution in [0.25, 0.3) is 0 Å². The third-order valence-electron chi connectivity index (χ3n) is 1.50. The molecule has 0 N–H and O–H groups in total. The Kier molecular flexibility index (Phi) is 4.06. The van der Waals surface area contributed by atoms with Crippen LogP contribution in [0.1, 0.15) is 17.3 Å². The molecule has 1 rings (SSSR count). The van der Waals surface area contributed by atoms with Gasteiger partial charge in [0.2, 0.25) is 0 Å². The molecule has 0 radical (unpaired) electrons. The lowest BCUT2D eigenvalue weighted by Crippen LogP contribution is -2.12. The van der Waals surface area contributed by atoms with Gasteiger partial charge in [0.15, 0.2) is 5.78 Å². The first kappa shape index (κ1) is 11.2. The standard InChI is InChI=1S/C10H9IO3/c1-7(12)6-14-10(13)8-4-2-3-5-9(8)11/h2-5H,6H2,1H3. The summed E-state index contributed by atoms with van der Waals surface area (Å²) in [5.74, 6) is -0.616. The molecule has 4 heteroatoms. The first-order valence-electron chi connectivity index (χ1n) is 4.02. The van der Waals surface area contributed by atoms with Crippen LogP contribution in [-0.2, 0) is 9.53 Å². The maximum atomic E-state index is 11.4. The Morgan fingerprint density at radius 1 is 1.36 bits per heavy atom. The Labute approximate surface area is 95.6 Å². The third-order valence-corrected chi connectivity index (χ3v) is 2.44. The molecule has 0 heterocycles. The lowest BCUT2D eigenvalue weighted by molar-refractivity contribution is -0.120. The monoisotopic (exact) mass is 304 g/mol. The first-order chi connectivity index (χ1) is 6.61. The minimum absolute atomic E-state index is 0.163. The van der Waals surface area contributed by atoms with Crippen molar-refractivity contribution in [3.05, 3.63) is 33.4 Å². The summed E-state index contributed by atoms with van der Waals surface area (Å²) in [5, 5.41) is 0. The van der Waals surface area contributed by atoms with Crippen LogP contribution in [0.4, 0.5) is 0 Å². The SMILES string of the molecule is CC(=O)COC(=O)c1ccccc1I. The van der Waals surface area contributed by atoms with Gasteiger partial charge in [0, 0.05) is 3.57 Å². The maximum Gasteiger partial charge on any atom is 0.339 e. The van der Waals surface area contributed by atoms with E-state index in [1.54, 1.807) is 12.1 Å². The van der Waals surface area contributed by atoms with E-state index in [2.05, 4.69) is 0 Å². The van der Waals surface area contributed by atoms with E-state index in [9.17, 15) is 9.59 Å². The Bertz CT molecular complexity index is 360. The molecule has 0 aliphatic rings. The Morgan fingerprint density at radius 2 is 2.00 bits per heavy atom. The van der Waals surface area contributed by atoms with Crippen LogP contribution in [0.3, 0.4) is 0 Å². The average Bonchev–Trinajstić information content (AvgIpc) is 2.15. The molecular formula is C10H9IO3. The molecule has 74 valence electrons. The molecule has 0 saturated heterocycles. The van der Waals surface area contributed by atoms with E-state index >= 15 is 0 Å². The van der Waals surface area contributed by atoms with E-state index < -0.39 is 5.97 Å². The second-order valence-electron chi connectivity index (χ2n) is 2.76. The number of hydrogen-bond acceptors (Lipinski definition) is 3. The van der Waals surface area contributed by atoms with Crippen LogP contribution in [-0.4, -0.2) is 18.4 Å². The number of benzene rings is 1. The van der Waals surface area contributed by atoms with E-state index in [1.165, 1.54) is 6.92 Å². The average molecular weight is 304 g/mol. The molecule has 1 aromatic rings. The molecule has 0 aromatic heterocycles. The number of carbonyl (C=O) groups is 2. The number of ether oxygens (including phenoxy) is 1. The van der Waals surface area contributed by atoms with Crippen molar-refractivity contribution in [2.24, 2.45) is 0 Å². The van der Waals surface area contributed by atoms with Gasteiger partial charge in [-0.15, -0.1) is 0 Å². The number of rotatable bonds is 3. The van der Waals surface area contributed by atoms with Gasteiger partial charge in [0.05, 0.1) is 5.56 Å². The molecule has 0 aliphatic carbocycles. The van der Waals surface area contributed by atoms with Crippen LogP contribution in [0, 0.1) is 3.57 Å². The minimum Gasteiger partial charge on any atom is -0.454 e. The smallest absolute Gasteiger partial charge is 0.339 e. The van der Waals surface area contributed by atoms with Gasteiger partial charge >= 0.3 is 5.97 Å². The highest BCUT2D eigenvalue weighted by Crippen LogP contribution is 2.12. The van der Waals surface area contributed by atoms with Gasteiger partial charge in [-0.25, -0.2) is 4.79 Å². The maximum absolute atomic E-state index is 11.4. The largest absolute Gasteiger partial charge is 0.454 e. The third kappa shape index (κ3) is 3.10. The molecule has 3 nitrogen and oxygen atoms in total. The number of esters is 1. The lowest BCUT2D eigenvalue weighted by Gasteiger charge is -2.03. The van der Waals surface area contributed by atoms with E-state index in [-0.39, 0.29) is 12.4 Å². The van der Waals surface area contributed by atoms with Crippen molar-refractivity contribution in [1.29, 1.82) is 0 Å². The van der Waals surface area contributed by atoms with E-state index in [1.807, 2.05) is 34.7 Å². The lowest BCUT2D eigenvalue weighted by atomic mass is 10.2. The summed E-state index contributed by atoms with van der Waals surface area (Å²) >= 11 is 2.05. The Balaban J connectivity index is 2.70. The number of carbonyl (C=O) groups excluding carboxylic acids is 2. The predicted molar refractivity (Wildman–Crippen MR) is 60.1 cm³/mol. The summed E-state index contributed by atoms with van der Waals surface area (Å²) in [6.45, 7) is 1.22. The van der Waals surface area contributed by atoms with Crippen LogP contribution >= 0.6 is 22.6 Å². The molecule has 14 heavy (non-hydrogen) atoms. The fourth-order valence-electron chi connectivity index (χ4n) is 0.872. The summed E-state index contributed by atoms with van der Waals surface area (Å²) in [7, 11) is 0. The summed E-state index contributed by atoms with van der Waals surface area (Å²) in [5.41, 5.74) is 0.495. The Hall–Kier alpha value is -0.910. The Morgan fingerprint density at radius 3 is 2.57 bits per heavy atom. The highest BCUT2D eigenvalue weighted by Gasteiger charge is 2.10. The van der Waals surface area contributed by atoms with Gasteiger partial charge < -0.3 is 4.74 Å². The van der Waals surface area contributed by atoms with Crippen LogP contribution in [0.2, 0.25) is 0 Å². The van der Waals surface area contributed by atoms with Gasteiger partial charge in [-0.3, -0.25) is 4.79 Å². The van der Waals surface area contributed by atoms with E-state index in [0.29, 0.717) is 5.56 Å². The topological polar surface area (TPSA) is 43.4 Å². The zero-order chi connectivity index (χ0) is 10.6. The van der Waals surface area contributed by atoms with Crippen LogP contribution in [0.5, 0.6) is 0 Å². The fraction of sp³-hybridized carbons (Fsp3) is 0.200. The molecule has 0 bridgehead atoms. The van der Waals surface area contributed by atoms with E-state index in [0.717, 1.165) is 3.57 Å². The normalized spacial score (nSPS) is 9.57. The zero-order valence-corrected chi connectivity index (χ0v) is 9.78. The molecule has 0 amide bonds. The molecule has 0 saturated carbocycles. The van der Waals surface area contributed by atoms with Crippen molar-refractivity contribution in [2.75, 3.05) is 6.61 Å². The molecule has 1 aromatic carbocycles. The molecule has 0 fully saturated rings. The summed E-state index contributed by atoms with van der Waals surface area (Å²) in [6.07, 6.45) is 0. The van der Waals surface area contributed by atoms with Crippen molar-refractivity contribution in [2.45, 2.75) is 6.92 Å². The van der Waals surface area contributed by atoms with Gasteiger partial charge in [-0.05, 0) is 41.6 Å². The first-order valence-corrected chi connectivity index (χ1v) is 5.10. The zero-order valence-electron chi connectivity index (χ0n) is 7.62. The molecular weight excluding hydrogens is 295 g/mol. The minimum atomic E-state index is -0.454. The molecule has 0 spiro atoms. The van der Waals surface area contributed by atoms with Gasteiger partial charge in [0.1, 0.15) is 6.61 Å². The summed E-state index contributed by atoms with van der Waals surface area (Å²) < 4.78 is 5.60.